The van der Waals surface area contributed by atoms with Gasteiger partial charge in [0.2, 0.25) is 0 Å². The van der Waals surface area contributed by atoms with Crippen molar-refractivity contribution in [2.75, 3.05) is 0 Å². The molecule has 0 spiro atoms. The molecule has 19 heavy (non-hydrogen) atoms. The van der Waals surface area contributed by atoms with Crippen LogP contribution in [0.1, 0.15) is 11.1 Å². The number of rotatable bonds is 2. The number of halogens is 1. The van der Waals surface area contributed by atoms with Crippen molar-refractivity contribution >= 4 is 33.7 Å². The Bertz CT molecular complexity index is 801. The Morgan fingerprint density at radius 2 is 2.05 bits per heavy atom. The van der Waals surface area contributed by atoms with Crippen LogP contribution in [-0.2, 0) is 6.54 Å². The van der Waals surface area contributed by atoms with Crippen molar-refractivity contribution < 1.29 is 4.42 Å². The number of oxazole rings is 1. The van der Waals surface area contributed by atoms with Gasteiger partial charge in [-0.05, 0) is 53.3 Å². The monoisotopic (exact) mass is 365 g/mol. The van der Waals surface area contributed by atoms with Gasteiger partial charge >= 0.3 is 5.76 Å². The average molecular weight is 365 g/mol. The summed E-state index contributed by atoms with van der Waals surface area (Å²) in [6.07, 6.45) is 0. The number of hydrogen-bond acceptors (Lipinski definition) is 2. The van der Waals surface area contributed by atoms with E-state index in [4.69, 9.17) is 4.42 Å². The van der Waals surface area contributed by atoms with Crippen molar-refractivity contribution in [2.45, 2.75) is 13.5 Å². The molecule has 3 rings (SSSR count). The fourth-order valence-electron chi connectivity index (χ4n) is 2.18. The Hall–Kier alpha value is -1.56. The third-order valence-corrected chi connectivity index (χ3v) is 3.72. The second-order valence-corrected chi connectivity index (χ2v) is 5.80. The number of benzene rings is 2. The summed E-state index contributed by atoms with van der Waals surface area (Å²) in [6.45, 7) is 2.58. The van der Waals surface area contributed by atoms with Crippen LogP contribution in [0, 0.1) is 10.5 Å². The maximum atomic E-state index is 11.9. The molecule has 1 aromatic heterocycles. The van der Waals surface area contributed by atoms with Crippen LogP contribution in [0.3, 0.4) is 0 Å². The summed E-state index contributed by atoms with van der Waals surface area (Å²) < 4.78 is 8.01. The van der Waals surface area contributed by atoms with E-state index < -0.39 is 0 Å². The van der Waals surface area contributed by atoms with Crippen molar-refractivity contribution in [1.82, 2.24) is 4.57 Å². The first-order chi connectivity index (χ1) is 9.13. The van der Waals surface area contributed by atoms with E-state index in [1.807, 2.05) is 43.3 Å². The Labute approximate surface area is 124 Å². The minimum Gasteiger partial charge on any atom is -0.408 e. The Balaban J connectivity index is 2.10. The average Bonchev–Trinajstić information content (AvgIpc) is 2.65. The molecule has 96 valence electrons. The number of fused-ring (bicyclic) bond motifs is 1. The van der Waals surface area contributed by atoms with Gasteiger partial charge in [0.15, 0.2) is 5.58 Å². The standard InChI is InChI=1S/C15H12INO2/c1-10-3-2-4-11(7-10)9-17-13-6-5-12(16)8-14(13)19-15(17)18/h2-8H,9H2,1H3. The highest BCUT2D eigenvalue weighted by atomic mass is 127. The Kier molecular flexibility index (Phi) is 3.18. The number of hydrogen-bond donors (Lipinski definition) is 0. The number of aryl methyl sites for hydroxylation is 1. The molecule has 0 aliphatic carbocycles. The van der Waals surface area contributed by atoms with E-state index in [-0.39, 0.29) is 5.76 Å². The fourth-order valence-corrected chi connectivity index (χ4v) is 2.65. The maximum Gasteiger partial charge on any atom is 0.420 e. The minimum atomic E-state index is -0.307. The van der Waals surface area contributed by atoms with E-state index in [0.717, 1.165) is 14.7 Å². The summed E-state index contributed by atoms with van der Waals surface area (Å²) in [5, 5.41) is 0. The SMILES string of the molecule is Cc1cccc(Cn2c(=O)oc3cc(I)ccc32)c1. The molecular formula is C15H12INO2. The zero-order chi connectivity index (χ0) is 13.4. The van der Waals surface area contributed by atoms with Gasteiger partial charge in [-0.3, -0.25) is 4.57 Å². The van der Waals surface area contributed by atoms with Crippen LogP contribution in [0.5, 0.6) is 0 Å². The van der Waals surface area contributed by atoms with Crippen molar-refractivity contribution in [3.05, 3.63) is 67.7 Å². The lowest BCUT2D eigenvalue weighted by atomic mass is 10.1. The molecule has 0 saturated carbocycles. The molecule has 0 fully saturated rings. The second kappa shape index (κ2) is 4.85. The normalized spacial score (nSPS) is 11.1. The highest BCUT2D eigenvalue weighted by Gasteiger charge is 2.09. The Morgan fingerprint density at radius 1 is 1.21 bits per heavy atom. The molecule has 0 unspecified atom stereocenters. The van der Waals surface area contributed by atoms with Gasteiger partial charge in [-0.1, -0.05) is 29.8 Å². The summed E-state index contributed by atoms with van der Waals surface area (Å²) in [5.41, 5.74) is 3.77. The smallest absolute Gasteiger partial charge is 0.408 e. The lowest BCUT2D eigenvalue weighted by Crippen LogP contribution is -2.14. The topological polar surface area (TPSA) is 35.1 Å². The van der Waals surface area contributed by atoms with E-state index in [9.17, 15) is 4.79 Å². The molecule has 0 bridgehead atoms. The van der Waals surface area contributed by atoms with Gasteiger partial charge in [-0.25, -0.2) is 4.79 Å². The van der Waals surface area contributed by atoms with Crippen LogP contribution in [0.2, 0.25) is 0 Å². The van der Waals surface area contributed by atoms with Crippen molar-refractivity contribution in [3.8, 4) is 0 Å². The predicted octanol–water partition coefficient (Wildman–Crippen LogP) is 3.56. The molecular weight excluding hydrogens is 353 g/mol. The molecule has 0 saturated heterocycles. The van der Waals surface area contributed by atoms with E-state index >= 15 is 0 Å². The summed E-state index contributed by atoms with van der Waals surface area (Å²) in [7, 11) is 0. The van der Waals surface area contributed by atoms with Crippen LogP contribution in [-0.4, -0.2) is 4.57 Å². The summed E-state index contributed by atoms with van der Waals surface area (Å²) >= 11 is 2.21. The fraction of sp³-hybridized carbons (Fsp3) is 0.133. The summed E-state index contributed by atoms with van der Waals surface area (Å²) in [5.74, 6) is -0.307. The molecule has 4 heteroatoms. The van der Waals surface area contributed by atoms with Crippen LogP contribution < -0.4 is 5.76 Å². The van der Waals surface area contributed by atoms with Crippen LogP contribution in [0.4, 0.5) is 0 Å². The summed E-state index contributed by atoms with van der Waals surface area (Å²) in [4.78, 5) is 11.9. The van der Waals surface area contributed by atoms with Crippen molar-refractivity contribution in [2.24, 2.45) is 0 Å². The molecule has 0 N–H and O–H groups in total. The summed E-state index contributed by atoms with van der Waals surface area (Å²) in [6, 6.07) is 13.9. The van der Waals surface area contributed by atoms with Gasteiger partial charge in [0.1, 0.15) is 0 Å². The molecule has 0 aliphatic rings. The van der Waals surface area contributed by atoms with Crippen molar-refractivity contribution in [1.29, 1.82) is 0 Å². The Morgan fingerprint density at radius 3 is 2.84 bits per heavy atom. The van der Waals surface area contributed by atoms with E-state index in [1.165, 1.54) is 5.56 Å². The lowest BCUT2D eigenvalue weighted by molar-refractivity contribution is 0.517. The zero-order valence-electron chi connectivity index (χ0n) is 10.4. The molecule has 0 atom stereocenters. The molecule has 3 nitrogen and oxygen atoms in total. The van der Waals surface area contributed by atoms with Crippen LogP contribution in [0.15, 0.2) is 51.7 Å². The highest BCUT2D eigenvalue weighted by molar-refractivity contribution is 14.1. The first-order valence-electron chi connectivity index (χ1n) is 5.98. The van der Waals surface area contributed by atoms with E-state index in [0.29, 0.717) is 12.1 Å². The van der Waals surface area contributed by atoms with Gasteiger partial charge in [-0.15, -0.1) is 0 Å². The van der Waals surface area contributed by atoms with Crippen LogP contribution >= 0.6 is 22.6 Å². The van der Waals surface area contributed by atoms with Crippen LogP contribution in [0.25, 0.3) is 11.1 Å². The second-order valence-electron chi connectivity index (χ2n) is 4.56. The van der Waals surface area contributed by atoms with E-state index in [1.54, 1.807) is 4.57 Å². The van der Waals surface area contributed by atoms with E-state index in [2.05, 4.69) is 28.7 Å². The quantitative estimate of drug-likeness (QED) is 0.651. The number of aromatic nitrogens is 1. The lowest BCUT2D eigenvalue weighted by Gasteiger charge is -2.03. The molecule has 0 amide bonds. The first kappa shape index (κ1) is 12.5. The largest absolute Gasteiger partial charge is 0.420 e. The number of nitrogens with zero attached hydrogens (tertiary/aromatic N) is 1. The molecule has 3 aromatic rings. The van der Waals surface area contributed by atoms with Gasteiger partial charge < -0.3 is 4.42 Å². The maximum absolute atomic E-state index is 11.9. The van der Waals surface area contributed by atoms with Gasteiger partial charge in [0.05, 0.1) is 12.1 Å². The van der Waals surface area contributed by atoms with Gasteiger partial charge in [-0.2, -0.15) is 0 Å². The first-order valence-corrected chi connectivity index (χ1v) is 7.06. The molecule has 1 heterocycles. The third-order valence-electron chi connectivity index (χ3n) is 3.05. The molecule has 0 radical (unpaired) electrons. The highest BCUT2D eigenvalue weighted by Crippen LogP contribution is 2.17. The molecule has 2 aromatic carbocycles. The zero-order valence-corrected chi connectivity index (χ0v) is 12.5. The molecule has 0 aliphatic heterocycles. The van der Waals surface area contributed by atoms with Gasteiger partial charge in [0.25, 0.3) is 0 Å². The third kappa shape index (κ3) is 2.45. The van der Waals surface area contributed by atoms with Crippen molar-refractivity contribution in [3.63, 3.8) is 0 Å². The predicted molar refractivity (Wildman–Crippen MR) is 83.5 cm³/mol. The minimum absolute atomic E-state index is 0.307. The van der Waals surface area contributed by atoms with Gasteiger partial charge in [0, 0.05) is 3.57 Å².